The Morgan fingerprint density at radius 1 is 1.19 bits per heavy atom. The number of halogens is 3. The smallest absolute Gasteiger partial charge is 0.416 e. The lowest BCUT2D eigenvalue weighted by Crippen LogP contribution is -2.28. The Morgan fingerprint density at radius 3 is 2.19 bits per heavy atom. The molecule has 1 heterocycles. The Kier molecular flexibility index (Phi) is 3.78. The summed E-state index contributed by atoms with van der Waals surface area (Å²) in [6, 6.07) is 2.10. The van der Waals surface area contributed by atoms with E-state index in [4.69, 9.17) is 14.6 Å². The van der Waals surface area contributed by atoms with Gasteiger partial charge in [-0.25, -0.2) is 0 Å². The summed E-state index contributed by atoms with van der Waals surface area (Å²) in [5.74, 6) is -0.915. The van der Waals surface area contributed by atoms with Gasteiger partial charge in [0.1, 0.15) is 13.2 Å². The Bertz CT molecular complexity index is 564. The third-order valence-corrected chi connectivity index (χ3v) is 3.28. The second-order valence-electron chi connectivity index (χ2n) is 5.52. The molecule has 0 atom stereocenters. The highest BCUT2D eigenvalue weighted by Gasteiger charge is 2.38. The zero-order valence-electron chi connectivity index (χ0n) is 11.6. The highest BCUT2D eigenvalue weighted by Crippen LogP contribution is 2.42. The number of aliphatic carboxylic acids is 1. The summed E-state index contributed by atoms with van der Waals surface area (Å²) in [7, 11) is 0. The monoisotopic (exact) mass is 304 g/mol. The molecule has 1 aromatic carbocycles. The van der Waals surface area contributed by atoms with Gasteiger partial charge in [-0.3, -0.25) is 4.79 Å². The van der Waals surface area contributed by atoms with Gasteiger partial charge in [0.25, 0.3) is 0 Å². The fraction of sp³-hybridized carbons (Fsp3) is 0.500. The molecule has 0 amide bonds. The molecule has 0 unspecified atom stereocenters. The molecular weight excluding hydrogens is 289 g/mol. The van der Waals surface area contributed by atoms with Crippen LogP contribution in [-0.2, 0) is 17.4 Å². The molecule has 21 heavy (non-hydrogen) atoms. The number of carboxylic acids is 1. The zero-order chi connectivity index (χ0) is 15.8. The summed E-state index contributed by atoms with van der Waals surface area (Å²) in [5.41, 5.74) is -2.32. The van der Waals surface area contributed by atoms with Gasteiger partial charge in [-0.15, -0.1) is 0 Å². The molecule has 1 aliphatic rings. The van der Waals surface area contributed by atoms with E-state index in [0.29, 0.717) is 0 Å². The van der Waals surface area contributed by atoms with Gasteiger partial charge >= 0.3 is 12.1 Å². The molecule has 1 N–H and O–H groups in total. The van der Waals surface area contributed by atoms with Crippen LogP contribution in [0.3, 0.4) is 0 Å². The number of hydrogen-bond donors (Lipinski definition) is 1. The van der Waals surface area contributed by atoms with E-state index in [1.807, 2.05) is 0 Å². The van der Waals surface area contributed by atoms with Crippen molar-refractivity contribution in [3.05, 3.63) is 23.3 Å². The lowest BCUT2D eigenvalue weighted by Gasteiger charge is -2.25. The Balaban J connectivity index is 2.50. The van der Waals surface area contributed by atoms with E-state index in [9.17, 15) is 18.0 Å². The molecule has 0 aliphatic carbocycles. The second-order valence-corrected chi connectivity index (χ2v) is 5.52. The molecule has 4 nitrogen and oxygen atoms in total. The lowest BCUT2D eigenvalue weighted by atomic mass is 9.84. The minimum Gasteiger partial charge on any atom is -0.486 e. The maximum absolute atomic E-state index is 13.2. The molecule has 0 bridgehead atoms. The zero-order valence-corrected chi connectivity index (χ0v) is 11.6. The fourth-order valence-electron chi connectivity index (χ4n) is 2.09. The van der Waals surface area contributed by atoms with Crippen LogP contribution in [0.4, 0.5) is 13.2 Å². The first-order chi connectivity index (χ1) is 9.61. The Morgan fingerprint density at radius 2 is 1.71 bits per heavy atom. The molecule has 0 spiro atoms. The molecule has 0 radical (unpaired) electrons. The van der Waals surface area contributed by atoms with Crippen LogP contribution in [0.2, 0.25) is 0 Å². The number of hydrogen-bond acceptors (Lipinski definition) is 3. The minimum absolute atomic E-state index is 0.0328. The number of ether oxygens (including phenoxy) is 2. The van der Waals surface area contributed by atoms with E-state index in [0.717, 1.165) is 6.07 Å². The van der Waals surface area contributed by atoms with Gasteiger partial charge in [0.15, 0.2) is 11.5 Å². The average Bonchev–Trinajstić information content (AvgIpc) is 2.36. The number of fused-ring (bicyclic) bond motifs is 1. The van der Waals surface area contributed by atoms with E-state index < -0.39 is 23.1 Å². The van der Waals surface area contributed by atoms with Crippen LogP contribution in [0.15, 0.2) is 12.1 Å². The predicted octanol–water partition coefficient (Wildman–Crippen LogP) is 3.13. The topological polar surface area (TPSA) is 55.8 Å². The van der Waals surface area contributed by atoms with Crippen molar-refractivity contribution in [1.29, 1.82) is 0 Å². The summed E-state index contributed by atoms with van der Waals surface area (Å²) in [5, 5.41) is 9.10. The highest BCUT2D eigenvalue weighted by atomic mass is 19.4. The summed E-state index contributed by atoms with van der Waals surface area (Å²) in [6.07, 6.45) is -4.84. The first-order valence-electron chi connectivity index (χ1n) is 6.34. The normalized spacial score (nSPS) is 14.9. The number of carboxylic acid groups (broad SMARTS) is 1. The predicted molar refractivity (Wildman–Crippen MR) is 67.6 cm³/mol. The second kappa shape index (κ2) is 5.13. The average molecular weight is 304 g/mol. The SMILES string of the molecule is CC(C)(Cc1cc2c(cc1C(F)(F)F)OCCO2)C(=O)O. The van der Waals surface area contributed by atoms with E-state index in [1.165, 1.54) is 19.9 Å². The van der Waals surface area contributed by atoms with Gasteiger partial charge < -0.3 is 14.6 Å². The van der Waals surface area contributed by atoms with Crippen LogP contribution in [0.25, 0.3) is 0 Å². The lowest BCUT2D eigenvalue weighted by molar-refractivity contribution is -0.148. The molecule has 7 heteroatoms. The quantitative estimate of drug-likeness (QED) is 0.932. The van der Waals surface area contributed by atoms with Gasteiger partial charge in [0.05, 0.1) is 11.0 Å². The van der Waals surface area contributed by atoms with Gasteiger partial charge in [-0.05, 0) is 38.0 Å². The molecule has 1 aromatic rings. The van der Waals surface area contributed by atoms with Crippen molar-refractivity contribution >= 4 is 5.97 Å². The summed E-state index contributed by atoms with van der Waals surface area (Å²) < 4.78 is 49.9. The van der Waals surface area contributed by atoms with E-state index in [-0.39, 0.29) is 36.7 Å². The Hall–Kier alpha value is -1.92. The van der Waals surface area contributed by atoms with Crippen molar-refractivity contribution in [1.82, 2.24) is 0 Å². The largest absolute Gasteiger partial charge is 0.486 e. The van der Waals surface area contributed by atoms with Crippen LogP contribution in [0.5, 0.6) is 11.5 Å². The third kappa shape index (κ3) is 3.22. The standard InChI is InChI=1S/C14H15F3O4/c1-13(2,12(18)19)7-8-5-10-11(21-4-3-20-10)6-9(8)14(15,16)17/h5-6H,3-4,7H2,1-2H3,(H,18,19). The molecule has 0 fully saturated rings. The van der Waals surface area contributed by atoms with Crippen molar-refractivity contribution in [2.24, 2.45) is 5.41 Å². The number of carbonyl (C=O) groups is 1. The van der Waals surface area contributed by atoms with Crippen LogP contribution in [0, 0.1) is 5.41 Å². The maximum Gasteiger partial charge on any atom is 0.416 e. The third-order valence-electron chi connectivity index (χ3n) is 3.28. The first kappa shape index (κ1) is 15.5. The maximum atomic E-state index is 13.2. The van der Waals surface area contributed by atoms with Crippen molar-refractivity contribution in [2.75, 3.05) is 13.2 Å². The van der Waals surface area contributed by atoms with Crippen molar-refractivity contribution in [2.45, 2.75) is 26.4 Å². The molecular formula is C14H15F3O4. The molecule has 116 valence electrons. The van der Waals surface area contributed by atoms with Gasteiger partial charge in [0.2, 0.25) is 0 Å². The summed E-state index contributed by atoms with van der Waals surface area (Å²) in [6.45, 7) is 3.20. The van der Waals surface area contributed by atoms with Gasteiger partial charge in [-0.2, -0.15) is 13.2 Å². The highest BCUT2D eigenvalue weighted by molar-refractivity contribution is 5.74. The van der Waals surface area contributed by atoms with Crippen LogP contribution in [0.1, 0.15) is 25.0 Å². The van der Waals surface area contributed by atoms with Gasteiger partial charge in [0, 0.05) is 0 Å². The Labute approximate surface area is 119 Å². The van der Waals surface area contributed by atoms with Crippen LogP contribution in [-0.4, -0.2) is 24.3 Å². The van der Waals surface area contributed by atoms with Crippen LogP contribution >= 0.6 is 0 Å². The van der Waals surface area contributed by atoms with Crippen molar-refractivity contribution in [3.63, 3.8) is 0 Å². The fourth-order valence-corrected chi connectivity index (χ4v) is 2.09. The summed E-state index contributed by atoms with van der Waals surface area (Å²) in [4.78, 5) is 11.1. The van der Waals surface area contributed by atoms with E-state index >= 15 is 0 Å². The molecule has 0 saturated carbocycles. The van der Waals surface area contributed by atoms with E-state index in [1.54, 1.807) is 0 Å². The number of benzene rings is 1. The van der Waals surface area contributed by atoms with Crippen molar-refractivity contribution in [3.8, 4) is 11.5 Å². The molecule has 0 aromatic heterocycles. The van der Waals surface area contributed by atoms with Gasteiger partial charge in [-0.1, -0.05) is 0 Å². The molecule has 1 aliphatic heterocycles. The number of alkyl halides is 3. The minimum atomic E-state index is -4.58. The summed E-state index contributed by atoms with van der Waals surface area (Å²) >= 11 is 0. The van der Waals surface area contributed by atoms with Crippen LogP contribution < -0.4 is 9.47 Å². The molecule has 2 rings (SSSR count). The number of rotatable bonds is 3. The first-order valence-corrected chi connectivity index (χ1v) is 6.34. The van der Waals surface area contributed by atoms with E-state index in [2.05, 4.69) is 0 Å². The molecule has 0 saturated heterocycles. The van der Waals surface area contributed by atoms with Crippen molar-refractivity contribution < 1.29 is 32.5 Å².